The van der Waals surface area contributed by atoms with E-state index in [4.69, 9.17) is 37.9 Å². The van der Waals surface area contributed by atoms with Gasteiger partial charge in [0.1, 0.15) is 73.2 Å². The summed E-state index contributed by atoms with van der Waals surface area (Å²) in [5.74, 6) is -1.12. The van der Waals surface area contributed by atoms with Crippen LogP contribution < -0.4 is 0 Å². The molecule has 13 N–H and O–H groups in total. The topological polar surface area (TPSA) is 354 Å². The Labute approximate surface area is 437 Å². The first-order valence-corrected chi connectivity index (χ1v) is 27.2. The fourth-order valence-corrected chi connectivity index (χ4v) is 16.3. The summed E-state index contributed by atoms with van der Waals surface area (Å²) >= 11 is 0. The lowest BCUT2D eigenvalue weighted by atomic mass is 9.33. The Morgan fingerprint density at radius 3 is 1.75 bits per heavy atom. The smallest absolute Gasteiger partial charge is 0.315 e. The van der Waals surface area contributed by atoms with Crippen LogP contribution in [0.3, 0.4) is 0 Å². The molecule has 0 bridgehead atoms. The molecule has 4 saturated carbocycles. The number of carbonyl (C=O) groups excluding carboxylic acids is 1. The Kier molecular flexibility index (Phi) is 16.1. The second-order valence-electron chi connectivity index (χ2n) is 25.8. The molecule has 29 atom stereocenters. The summed E-state index contributed by atoms with van der Waals surface area (Å²) in [4.78, 5) is 15.6. The summed E-state index contributed by atoms with van der Waals surface area (Å²) in [6.45, 7) is 14.3. The SMILES string of the molecule is C[C@@H]1O[C@@H](O[C@H]2[C@H](OC(=O)[C@]34CCC(C)(C)C[C@H]3C3=CC[C@@H]5[C@@]6(C)C[C@H](O)[C@H](O[C@@H]7O[C@H](CO)[C@@H](O)[C@H](O)[C@H]7O)[C@@](C)(CO)[C@@H]6CC[C@@]5(C)[C@]3(C)CC4)O[C@H](C)[C@H](O)[C@@H]2O[C@@H]2O[C@H](CO)[C@@H](O)[C@@H]2O)[C@H](O)[C@H](O)[C@H]1O. The maximum Gasteiger partial charge on any atom is 0.315 e. The molecule has 0 aromatic heterocycles. The van der Waals surface area contributed by atoms with Gasteiger partial charge in [-0.2, -0.15) is 0 Å². The third kappa shape index (κ3) is 9.21. The normalized spacial score (nSPS) is 55.7. The fourth-order valence-electron chi connectivity index (χ4n) is 16.3. The molecule has 9 rings (SSSR count). The van der Waals surface area contributed by atoms with Gasteiger partial charge in [0.05, 0.1) is 49.7 Å². The highest BCUT2D eigenvalue weighted by atomic mass is 16.8. The van der Waals surface area contributed by atoms with Crippen molar-refractivity contribution in [3.8, 4) is 0 Å². The predicted octanol–water partition coefficient (Wildman–Crippen LogP) is -1.40. The molecule has 5 aliphatic carbocycles. The number of hydrogen-bond donors (Lipinski definition) is 13. The van der Waals surface area contributed by atoms with E-state index in [9.17, 15) is 66.4 Å². The van der Waals surface area contributed by atoms with E-state index in [1.807, 2.05) is 6.92 Å². The number of aliphatic hydroxyl groups excluding tert-OH is 13. The van der Waals surface area contributed by atoms with Crippen LogP contribution in [0.5, 0.6) is 0 Å². The molecule has 0 spiro atoms. The average molecular weight is 1080 g/mol. The largest absolute Gasteiger partial charge is 0.432 e. The van der Waals surface area contributed by atoms with Gasteiger partial charge in [-0.15, -0.1) is 0 Å². The molecule has 9 aliphatic rings. The van der Waals surface area contributed by atoms with Gasteiger partial charge in [-0.25, -0.2) is 0 Å². The van der Waals surface area contributed by atoms with Crippen molar-refractivity contribution in [2.45, 2.75) is 242 Å². The summed E-state index contributed by atoms with van der Waals surface area (Å²) in [5, 5.41) is 141. The quantitative estimate of drug-likeness (QED) is 0.0643. The van der Waals surface area contributed by atoms with E-state index < -0.39 is 170 Å². The number of fused-ring (bicyclic) bond motifs is 7. The van der Waals surface area contributed by atoms with E-state index in [0.29, 0.717) is 44.9 Å². The average Bonchev–Trinajstić information content (AvgIpc) is 3.64. The van der Waals surface area contributed by atoms with E-state index in [0.717, 1.165) is 12.0 Å². The van der Waals surface area contributed by atoms with Crippen molar-refractivity contribution in [3.05, 3.63) is 11.6 Å². The minimum atomic E-state index is -1.83. The Morgan fingerprint density at radius 2 is 1.12 bits per heavy atom. The lowest BCUT2D eigenvalue weighted by Crippen LogP contribution is -2.69. The maximum absolute atomic E-state index is 15.6. The summed E-state index contributed by atoms with van der Waals surface area (Å²) in [7, 11) is 0. The zero-order valence-electron chi connectivity index (χ0n) is 44.4. The van der Waals surface area contributed by atoms with Gasteiger partial charge in [-0.1, -0.05) is 53.2 Å². The molecule has 0 aromatic rings. The fraction of sp³-hybridized carbons (Fsp3) is 0.943. The highest BCUT2D eigenvalue weighted by Gasteiger charge is 2.72. The first kappa shape index (κ1) is 58.1. The summed E-state index contributed by atoms with van der Waals surface area (Å²) in [6, 6.07) is 0. The summed E-state index contributed by atoms with van der Waals surface area (Å²) in [6.07, 6.45) is -24.0. The minimum absolute atomic E-state index is 0.0171. The van der Waals surface area contributed by atoms with Gasteiger partial charge in [0.2, 0.25) is 6.29 Å². The van der Waals surface area contributed by atoms with Crippen LogP contribution in [-0.4, -0.2) is 221 Å². The molecule has 0 radical (unpaired) electrons. The Morgan fingerprint density at radius 1 is 0.587 bits per heavy atom. The van der Waals surface area contributed by atoms with E-state index in [2.05, 4.69) is 40.7 Å². The molecule has 4 heterocycles. The molecule has 8 fully saturated rings. The molecule has 0 aromatic carbocycles. The first-order chi connectivity index (χ1) is 35.1. The van der Waals surface area contributed by atoms with Crippen LogP contribution in [0, 0.1) is 50.2 Å². The molecular formula is C53H86O22. The Hall–Kier alpha value is -1.59. The van der Waals surface area contributed by atoms with E-state index in [1.54, 1.807) is 0 Å². The number of ether oxygens (including phenoxy) is 8. The molecule has 430 valence electrons. The van der Waals surface area contributed by atoms with Crippen LogP contribution in [0.2, 0.25) is 0 Å². The van der Waals surface area contributed by atoms with Gasteiger partial charge in [0.25, 0.3) is 0 Å². The molecule has 4 aliphatic heterocycles. The van der Waals surface area contributed by atoms with Crippen molar-refractivity contribution in [1.29, 1.82) is 0 Å². The van der Waals surface area contributed by atoms with E-state index in [1.165, 1.54) is 13.8 Å². The monoisotopic (exact) mass is 1070 g/mol. The summed E-state index contributed by atoms with van der Waals surface area (Å²) in [5.41, 5.74) is -2.60. The van der Waals surface area contributed by atoms with Crippen molar-refractivity contribution in [3.63, 3.8) is 0 Å². The highest BCUT2D eigenvalue weighted by Crippen LogP contribution is 2.76. The van der Waals surface area contributed by atoms with Gasteiger partial charge < -0.3 is 104 Å². The van der Waals surface area contributed by atoms with Crippen molar-refractivity contribution in [2.75, 3.05) is 19.8 Å². The molecule has 75 heavy (non-hydrogen) atoms. The number of rotatable bonds is 11. The van der Waals surface area contributed by atoms with Crippen molar-refractivity contribution >= 4 is 5.97 Å². The zero-order valence-corrected chi connectivity index (χ0v) is 44.4. The Balaban J connectivity index is 1.02. The van der Waals surface area contributed by atoms with Crippen molar-refractivity contribution < 1.29 is 109 Å². The third-order valence-electron chi connectivity index (χ3n) is 21.1. The van der Waals surface area contributed by atoms with Crippen LogP contribution >= 0.6 is 0 Å². The highest BCUT2D eigenvalue weighted by molar-refractivity contribution is 5.79. The van der Waals surface area contributed by atoms with Gasteiger partial charge in [0, 0.05) is 5.41 Å². The maximum atomic E-state index is 15.6. The molecule has 0 amide bonds. The van der Waals surface area contributed by atoms with Crippen LogP contribution in [0.1, 0.15) is 113 Å². The summed E-state index contributed by atoms with van der Waals surface area (Å²) < 4.78 is 48.8. The van der Waals surface area contributed by atoms with Gasteiger partial charge in [-0.3, -0.25) is 4.79 Å². The van der Waals surface area contributed by atoms with Gasteiger partial charge >= 0.3 is 5.97 Å². The van der Waals surface area contributed by atoms with Gasteiger partial charge in [0.15, 0.2) is 25.0 Å². The van der Waals surface area contributed by atoms with Crippen LogP contribution in [0.25, 0.3) is 0 Å². The number of carbonyl (C=O) groups is 1. The number of aliphatic hydroxyl groups is 13. The molecule has 22 nitrogen and oxygen atoms in total. The third-order valence-corrected chi connectivity index (χ3v) is 21.1. The number of hydrogen-bond acceptors (Lipinski definition) is 22. The van der Waals surface area contributed by atoms with Crippen LogP contribution in [0.15, 0.2) is 11.6 Å². The second-order valence-corrected chi connectivity index (χ2v) is 25.8. The van der Waals surface area contributed by atoms with Crippen molar-refractivity contribution in [1.82, 2.24) is 0 Å². The first-order valence-electron chi connectivity index (χ1n) is 27.2. The van der Waals surface area contributed by atoms with E-state index >= 15 is 4.79 Å². The zero-order chi connectivity index (χ0) is 54.9. The number of esters is 1. The van der Waals surface area contributed by atoms with Crippen molar-refractivity contribution in [2.24, 2.45) is 50.2 Å². The van der Waals surface area contributed by atoms with Crippen LogP contribution in [-0.2, 0) is 42.7 Å². The minimum Gasteiger partial charge on any atom is -0.432 e. The molecule has 4 saturated heterocycles. The lowest BCUT2D eigenvalue weighted by Gasteiger charge is -2.72. The molecular weight excluding hydrogens is 989 g/mol. The molecule has 0 unspecified atom stereocenters. The molecule has 22 heteroatoms. The number of allylic oxidation sites excluding steroid dienone is 2. The standard InChI is InChI=1S/C53H86O22/c1-22-31(58)35(62)38(65)43(68-22)73-41-40(72-44-37(64)34(61)28(20-55)70-44)32(59)23(2)69-46(41)75-47(67)53-15-13-48(3,4)17-25(53)24-9-10-30-49(5)18-26(57)42(74-45-39(66)36(63)33(60)27(19-54)71-45)50(6,21-56)29(49)11-12-52(30,8)51(24,7)14-16-53/h9,22-23,25-46,54-66H,10-21H2,1-8H3/t22-,23+,25-,26-,27+,28+,29+,30+,31-,32-,33+,34+,35+,36-,37-,38+,39+,40-,41+,42-,43-,44-,45-,46-,49-,50-,51+,52+,53-/m0/s1. The second kappa shape index (κ2) is 20.7. The van der Waals surface area contributed by atoms with Crippen LogP contribution in [0.4, 0.5) is 0 Å². The Bertz CT molecular complexity index is 2080. The van der Waals surface area contributed by atoms with E-state index in [-0.39, 0.29) is 41.6 Å². The van der Waals surface area contributed by atoms with Gasteiger partial charge in [-0.05, 0) is 111 Å². The predicted molar refractivity (Wildman–Crippen MR) is 257 cm³/mol. The lowest BCUT2D eigenvalue weighted by molar-refractivity contribution is -0.372.